The van der Waals surface area contributed by atoms with Crippen molar-refractivity contribution >= 4 is 5.78 Å². The molecule has 18 heavy (non-hydrogen) atoms. The van der Waals surface area contributed by atoms with E-state index in [0.717, 1.165) is 31.5 Å². The minimum absolute atomic E-state index is 0.195. The fourth-order valence-electron chi connectivity index (χ4n) is 2.81. The molecule has 1 aliphatic rings. The number of carbonyl (C=O) groups is 1. The van der Waals surface area contributed by atoms with E-state index in [9.17, 15) is 4.79 Å². The van der Waals surface area contributed by atoms with E-state index in [-0.39, 0.29) is 5.78 Å². The van der Waals surface area contributed by atoms with Gasteiger partial charge in [0.1, 0.15) is 0 Å². The van der Waals surface area contributed by atoms with E-state index in [1.54, 1.807) is 6.92 Å². The summed E-state index contributed by atoms with van der Waals surface area (Å²) in [6.07, 6.45) is 3.30. The highest BCUT2D eigenvalue weighted by Crippen LogP contribution is 2.38. The first-order valence-electron chi connectivity index (χ1n) is 7.17. The summed E-state index contributed by atoms with van der Waals surface area (Å²) in [4.78, 5) is 11.6. The minimum Gasteiger partial charge on any atom is -0.342 e. The van der Waals surface area contributed by atoms with Crippen molar-refractivity contribution in [3.8, 4) is 0 Å². The van der Waals surface area contributed by atoms with E-state index in [1.165, 1.54) is 11.3 Å². The molecule has 102 valence electrons. The predicted molar refractivity (Wildman–Crippen MR) is 77.3 cm³/mol. The molecule has 0 bridgehead atoms. The molecule has 2 nitrogen and oxygen atoms in total. The third-order valence-electron chi connectivity index (χ3n) is 3.42. The number of Topliss-reactive ketones (excluding diaryl/α,β-unsaturated/α-hetero) is 1. The van der Waals surface area contributed by atoms with Gasteiger partial charge < -0.3 is 4.57 Å². The monoisotopic (exact) mass is 249 g/mol. The maximum absolute atomic E-state index is 11.6. The average molecular weight is 249 g/mol. The van der Waals surface area contributed by atoms with Crippen molar-refractivity contribution in [3.05, 3.63) is 23.0 Å². The van der Waals surface area contributed by atoms with Gasteiger partial charge >= 0.3 is 0 Å². The van der Waals surface area contributed by atoms with Gasteiger partial charge in [0, 0.05) is 19.2 Å². The number of rotatable bonds is 3. The molecular formula is C16H27NO. The first-order valence-corrected chi connectivity index (χ1v) is 7.17. The van der Waals surface area contributed by atoms with E-state index in [1.807, 2.05) is 13.8 Å². The van der Waals surface area contributed by atoms with Crippen LogP contribution >= 0.6 is 0 Å². The Morgan fingerprint density at radius 2 is 1.94 bits per heavy atom. The quantitative estimate of drug-likeness (QED) is 0.734. The Kier molecular flexibility index (Phi) is 4.78. The Hall–Kier alpha value is -1.05. The maximum atomic E-state index is 11.6. The van der Waals surface area contributed by atoms with E-state index in [0.29, 0.717) is 5.41 Å². The Labute approximate surface area is 111 Å². The van der Waals surface area contributed by atoms with Gasteiger partial charge in [-0.05, 0) is 36.3 Å². The summed E-state index contributed by atoms with van der Waals surface area (Å²) in [6, 6.07) is 2.11. The SMILES string of the molecule is CC.CCCn1c(C(C)=O)cc2c1CC(C)(C)C2. The second-order valence-corrected chi connectivity index (χ2v) is 5.73. The third-order valence-corrected chi connectivity index (χ3v) is 3.42. The number of fused-ring (bicyclic) bond motifs is 1. The van der Waals surface area contributed by atoms with Gasteiger partial charge in [0.2, 0.25) is 0 Å². The Morgan fingerprint density at radius 1 is 1.33 bits per heavy atom. The van der Waals surface area contributed by atoms with E-state index in [2.05, 4.69) is 31.4 Å². The zero-order valence-corrected chi connectivity index (χ0v) is 12.8. The van der Waals surface area contributed by atoms with Crippen LogP contribution in [0.15, 0.2) is 6.07 Å². The van der Waals surface area contributed by atoms with Crippen LogP contribution in [0.2, 0.25) is 0 Å². The van der Waals surface area contributed by atoms with E-state index < -0.39 is 0 Å². The molecular weight excluding hydrogens is 222 g/mol. The Bertz CT molecular complexity index is 427. The number of carbonyl (C=O) groups excluding carboxylic acids is 1. The normalized spacial score (nSPS) is 15.9. The lowest BCUT2D eigenvalue weighted by molar-refractivity contribution is 0.100. The first kappa shape index (κ1) is 15.0. The van der Waals surface area contributed by atoms with Crippen LogP contribution in [0.3, 0.4) is 0 Å². The molecule has 1 aromatic rings. The number of aromatic nitrogens is 1. The topological polar surface area (TPSA) is 22.0 Å². The summed E-state index contributed by atoms with van der Waals surface area (Å²) < 4.78 is 2.24. The highest BCUT2D eigenvalue weighted by Gasteiger charge is 2.32. The van der Waals surface area contributed by atoms with Gasteiger partial charge in [0.05, 0.1) is 5.69 Å². The number of nitrogens with zero attached hydrogens (tertiary/aromatic N) is 1. The molecule has 0 aromatic carbocycles. The summed E-state index contributed by atoms with van der Waals surface area (Å²) >= 11 is 0. The fourth-order valence-corrected chi connectivity index (χ4v) is 2.81. The zero-order valence-electron chi connectivity index (χ0n) is 12.8. The molecule has 0 radical (unpaired) electrons. The van der Waals surface area contributed by atoms with Crippen molar-refractivity contribution in [1.29, 1.82) is 0 Å². The van der Waals surface area contributed by atoms with Crippen molar-refractivity contribution < 1.29 is 4.79 Å². The van der Waals surface area contributed by atoms with Crippen LogP contribution in [0.25, 0.3) is 0 Å². The Morgan fingerprint density at radius 3 is 2.44 bits per heavy atom. The maximum Gasteiger partial charge on any atom is 0.176 e. The van der Waals surface area contributed by atoms with Crippen LogP contribution in [0.4, 0.5) is 0 Å². The summed E-state index contributed by atoms with van der Waals surface area (Å²) in [5, 5.41) is 0. The Balaban J connectivity index is 0.000000771. The van der Waals surface area contributed by atoms with Gasteiger partial charge in [-0.1, -0.05) is 34.6 Å². The van der Waals surface area contributed by atoms with Crippen LogP contribution in [-0.2, 0) is 19.4 Å². The van der Waals surface area contributed by atoms with Gasteiger partial charge in [-0.2, -0.15) is 0 Å². The van der Waals surface area contributed by atoms with Crippen LogP contribution in [0, 0.1) is 5.41 Å². The largest absolute Gasteiger partial charge is 0.342 e. The van der Waals surface area contributed by atoms with Crippen molar-refractivity contribution in [2.45, 2.75) is 67.3 Å². The van der Waals surface area contributed by atoms with Crippen LogP contribution in [0.5, 0.6) is 0 Å². The van der Waals surface area contributed by atoms with Crippen LogP contribution in [0.1, 0.15) is 69.7 Å². The summed E-state index contributed by atoms with van der Waals surface area (Å²) in [5.41, 5.74) is 4.07. The average Bonchev–Trinajstić information content (AvgIpc) is 2.76. The molecule has 1 aromatic heterocycles. The molecule has 0 saturated carbocycles. The predicted octanol–water partition coefficient (Wildman–Crippen LogP) is 4.25. The van der Waals surface area contributed by atoms with Crippen molar-refractivity contribution in [2.75, 3.05) is 0 Å². The van der Waals surface area contributed by atoms with Crippen molar-refractivity contribution in [3.63, 3.8) is 0 Å². The lowest BCUT2D eigenvalue weighted by atomic mass is 9.90. The highest BCUT2D eigenvalue weighted by molar-refractivity contribution is 5.93. The van der Waals surface area contributed by atoms with Gasteiger partial charge in [-0.25, -0.2) is 0 Å². The van der Waals surface area contributed by atoms with E-state index >= 15 is 0 Å². The van der Waals surface area contributed by atoms with Gasteiger partial charge in [0.25, 0.3) is 0 Å². The summed E-state index contributed by atoms with van der Waals surface area (Å²) in [7, 11) is 0. The van der Waals surface area contributed by atoms with Gasteiger partial charge in [0.15, 0.2) is 5.78 Å². The number of hydrogen-bond acceptors (Lipinski definition) is 1. The molecule has 2 rings (SSSR count). The second kappa shape index (κ2) is 5.73. The lowest BCUT2D eigenvalue weighted by Gasteiger charge is -2.18. The van der Waals surface area contributed by atoms with Crippen LogP contribution < -0.4 is 0 Å². The molecule has 0 atom stereocenters. The van der Waals surface area contributed by atoms with E-state index in [4.69, 9.17) is 0 Å². The summed E-state index contributed by atoms with van der Waals surface area (Å²) in [6.45, 7) is 13.4. The molecule has 0 fully saturated rings. The molecule has 0 saturated heterocycles. The smallest absolute Gasteiger partial charge is 0.176 e. The van der Waals surface area contributed by atoms with Crippen molar-refractivity contribution in [1.82, 2.24) is 4.57 Å². The van der Waals surface area contributed by atoms with Gasteiger partial charge in [-0.15, -0.1) is 0 Å². The zero-order chi connectivity index (χ0) is 13.9. The lowest BCUT2D eigenvalue weighted by Crippen LogP contribution is -2.15. The number of ketones is 1. The minimum atomic E-state index is 0.195. The van der Waals surface area contributed by atoms with Crippen molar-refractivity contribution in [2.24, 2.45) is 5.41 Å². The molecule has 0 unspecified atom stereocenters. The molecule has 2 heteroatoms. The molecule has 0 aliphatic heterocycles. The fraction of sp³-hybridized carbons (Fsp3) is 0.688. The molecule has 0 spiro atoms. The molecule has 0 N–H and O–H groups in total. The van der Waals surface area contributed by atoms with Gasteiger partial charge in [-0.3, -0.25) is 4.79 Å². The number of hydrogen-bond donors (Lipinski definition) is 0. The molecule has 1 aliphatic carbocycles. The third kappa shape index (κ3) is 2.85. The standard InChI is InChI=1S/C14H21NO.C2H6/c1-5-6-15-12(10(2)16)7-11-8-14(3,4)9-13(11)15;1-2/h7H,5-6,8-9H2,1-4H3;1-2H3. The molecule has 0 amide bonds. The first-order chi connectivity index (χ1) is 8.44. The summed E-state index contributed by atoms with van der Waals surface area (Å²) in [5.74, 6) is 0.195. The second-order valence-electron chi connectivity index (χ2n) is 5.73. The highest BCUT2D eigenvalue weighted by atomic mass is 16.1. The van der Waals surface area contributed by atoms with Crippen LogP contribution in [-0.4, -0.2) is 10.4 Å². The molecule has 1 heterocycles.